The van der Waals surface area contributed by atoms with E-state index in [1.54, 1.807) is 18.2 Å². The molecule has 2 heterocycles. The Morgan fingerprint density at radius 1 is 0.972 bits per heavy atom. The maximum atomic E-state index is 14.0. The van der Waals surface area contributed by atoms with Crippen LogP contribution in [0.1, 0.15) is 23.5 Å². The maximum absolute atomic E-state index is 14.0. The van der Waals surface area contributed by atoms with E-state index in [4.69, 9.17) is 18.6 Å². The minimum Gasteiger partial charge on any atom is -0.507 e. The molecule has 0 aliphatic carbocycles. The van der Waals surface area contributed by atoms with E-state index in [9.17, 15) is 27.9 Å². The molecular formula is C26H17F3O7. The molecule has 1 aromatic heterocycles. The monoisotopic (exact) mass is 498 g/mol. The number of benzene rings is 3. The van der Waals surface area contributed by atoms with Crippen LogP contribution in [0.15, 0.2) is 51.9 Å². The Bertz CT molecular complexity index is 1590. The zero-order chi connectivity index (χ0) is 25.7. The largest absolute Gasteiger partial charge is 0.507 e. The van der Waals surface area contributed by atoms with Crippen molar-refractivity contribution in [2.75, 3.05) is 14.2 Å². The summed E-state index contributed by atoms with van der Waals surface area (Å²) < 4.78 is 63.1. The molecule has 0 saturated carbocycles. The number of carbonyl (C=O) groups is 1. The van der Waals surface area contributed by atoms with Gasteiger partial charge >= 0.3 is 5.97 Å². The molecule has 36 heavy (non-hydrogen) atoms. The molecule has 1 N–H and O–H groups in total. The number of carbonyl (C=O) groups excluding carboxylic acids is 1. The number of aromatic hydroxyl groups is 1. The van der Waals surface area contributed by atoms with Gasteiger partial charge in [-0.2, -0.15) is 0 Å². The summed E-state index contributed by atoms with van der Waals surface area (Å²) in [7, 11) is 2.90. The lowest BCUT2D eigenvalue weighted by molar-refractivity contribution is -0.135. The fraction of sp³-hybridized carbons (Fsp3) is 0.154. The summed E-state index contributed by atoms with van der Waals surface area (Å²) in [6, 6.07) is 7.34. The number of halogens is 3. The van der Waals surface area contributed by atoms with Crippen LogP contribution in [0.3, 0.4) is 0 Å². The Hall–Kier alpha value is -4.47. The molecule has 1 aliphatic heterocycles. The van der Waals surface area contributed by atoms with Crippen LogP contribution in [0.4, 0.5) is 13.2 Å². The highest BCUT2D eigenvalue weighted by Gasteiger charge is 2.34. The Morgan fingerprint density at radius 2 is 1.67 bits per heavy atom. The van der Waals surface area contributed by atoms with E-state index in [1.807, 2.05) is 0 Å². The zero-order valence-electron chi connectivity index (χ0n) is 18.9. The average Bonchev–Trinajstić information content (AvgIpc) is 2.85. The Labute approximate surface area is 201 Å². The van der Waals surface area contributed by atoms with E-state index in [2.05, 4.69) is 0 Å². The first-order valence-electron chi connectivity index (χ1n) is 10.6. The quantitative estimate of drug-likeness (QED) is 0.239. The SMILES string of the molecule is COc1ccc(-c2coc3c4c(cc(O)c3c2=O)OC(=O)C[C@@H]4c2cc(F)c(F)c(F)c2)cc1OC. The summed E-state index contributed by atoms with van der Waals surface area (Å²) in [5, 5.41) is 10.4. The van der Waals surface area contributed by atoms with Gasteiger partial charge in [-0.1, -0.05) is 6.07 Å². The molecule has 10 heteroatoms. The number of rotatable bonds is 4. The Balaban J connectivity index is 1.75. The predicted molar refractivity (Wildman–Crippen MR) is 121 cm³/mol. The smallest absolute Gasteiger partial charge is 0.312 e. The van der Waals surface area contributed by atoms with Crippen LogP contribution < -0.4 is 19.6 Å². The van der Waals surface area contributed by atoms with Gasteiger partial charge in [0.05, 0.1) is 26.2 Å². The van der Waals surface area contributed by atoms with Crippen molar-refractivity contribution in [1.82, 2.24) is 0 Å². The molecule has 4 aromatic rings. The van der Waals surface area contributed by atoms with Gasteiger partial charge in [-0.3, -0.25) is 9.59 Å². The van der Waals surface area contributed by atoms with E-state index in [0.29, 0.717) is 17.1 Å². The van der Waals surface area contributed by atoms with Crippen molar-refractivity contribution in [3.05, 3.63) is 81.5 Å². The van der Waals surface area contributed by atoms with Crippen molar-refractivity contribution in [2.45, 2.75) is 12.3 Å². The highest BCUT2D eigenvalue weighted by Crippen LogP contribution is 2.46. The summed E-state index contributed by atoms with van der Waals surface area (Å²) in [6.07, 6.45) is 0.795. The van der Waals surface area contributed by atoms with E-state index < -0.39 is 40.5 Å². The molecule has 0 amide bonds. The summed E-state index contributed by atoms with van der Waals surface area (Å²) >= 11 is 0. The molecule has 0 fully saturated rings. The zero-order valence-corrected chi connectivity index (χ0v) is 18.9. The van der Waals surface area contributed by atoms with Gasteiger partial charge in [-0.25, -0.2) is 13.2 Å². The van der Waals surface area contributed by atoms with E-state index in [-0.39, 0.29) is 39.8 Å². The fourth-order valence-electron chi connectivity index (χ4n) is 4.40. The molecule has 0 radical (unpaired) electrons. The van der Waals surface area contributed by atoms with Crippen molar-refractivity contribution < 1.29 is 41.7 Å². The molecule has 7 nitrogen and oxygen atoms in total. The topological polar surface area (TPSA) is 95.2 Å². The van der Waals surface area contributed by atoms with Crippen LogP contribution in [0.25, 0.3) is 22.1 Å². The normalized spacial score (nSPS) is 14.9. The van der Waals surface area contributed by atoms with Gasteiger partial charge in [-0.15, -0.1) is 0 Å². The van der Waals surface area contributed by atoms with Crippen LogP contribution in [0, 0.1) is 17.5 Å². The summed E-state index contributed by atoms with van der Waals surface area (Å²) in [5.41, 5.74) is -0.211. The first kappa shape index (κ1) is 23.3. The lowest BCUT2D eigenvalue weighted by atomic mass is 9.84. The van der Waals surface area contributed by atoms with Crippen molar-refractivity contribution in [2.24, 2.45) is 0 Å². The number of fused-ring (bicyclic) bond motifs is 3. The van der Waals surface area contributed by atoms with Gasteiger partial charge in [0.1, 0.15) is 28.7 Å². The van der Waals surface area contributed by atoms with Crippen molar-refractivity contribution in [1.29, 1.82) is 0 Å². The predicted octanol–water partition coefficient (Wildman–Crippen LogP) is 5.04. The number of hydrogen-bond donors (Lipinski definition) is 1. The summed E-state index contributed by atoms with van der Waals surface area (Å²) in [4.78, 5) is 25.7. The van der Waals surface area contributed by atoms with Gasteiger partial charge < -0.3 is 23.7 Å². The van der Waals surface area contributed by atoms with Crippen LogP contribution >= 0.6 is 0 Å². The molecule has 1 atom stereocenters. The number of hydrogen-bond acceptors (Lipinski definition) is 7. The molecule has 0 saturated heterocycles. The second kappa shape index (κ2) is 8.63. The summed E-state index contributed by atoms with van der Waals surface area (Å²) in [6.45, 7) is 0. The molecule has 5 rings (SSSR count). The number of esters is 1. The van der Waals surface area contributed by atoms with Gasteiger partial charge in [0.25, 0.3) is 0 Å². The number of phenolic OH excluding ortho intramolecular Hbond substituents is 1. The van der Waals surface area contributed by atoms with E-state index in [1.165, 1.54) is 14.2 Å². The van der Waals surface area contributed by atoms with Crippen LogP contribution in [-0.4, -0.2) is 25.3 Å². The molecular weight excluding hydrogens is 481 g/mol. The minimum atomic E-state index is -1.65. The number of ether oxygens (including phenoxy) is 3. The minimum absolute atomic E-state index is 0.0668. The number of phenols is 1. The third-order valence-corrected chi connectivity index (χ3v) is 6.07. The first-order valence-corrected chi connectivity index (χ1v) is 10.6. The van der Waals surface area contributed by atoms with Crippen LogP contribution in [0.5, 0.6) is 23.0 Å². The highest BCUT2D eigenvalue weighted by molar-refractivity contribution is 5.94. The lowest BCUT2D eigenvalue weighted by Gasteiger charge is -2.26. The van der Waals surface area contributed by atoms with Crippen LogP contribution in [0.2, 0.25) is 0 Å². The Morgan fingerprint density at radius 3 is 2.33 bits per heavy atom. The van der Waals surface area contributed by atoms with E-state index in [0.717, 1.165) is 24.5 Å². The third kappa shape index (κ3) is 3.62. The number of methoxy groups -OCH3 is 2. The standard InChI is InChI=1S/C26H17F3O7/c1-33-18-4-3-11(7-19(18)34-2)14-10-35-26-22-13(12-5-15(27)24(29)16(28)6-12)8-21(31)36-20(22)9-17(30)23(26)25(14)32/h3-7,9-10,13,30H,8H2,1-2H3/t13-/m1/s1. The molecule has 3 aromatic carbocycles. The van der Waals surface area contributed by atoms with E-state index >= 15 is 0 Å². The van der Waals surface area contributed by atoms with Gasteiger partial charge in [-0.05, 0) is 35.4 Å². The lowest BCUT2D eigenvalue weighted by Crippen LogP contribution is -2.22. The average molecular weight is 498 g/mol. The second-order valence-electron chi connectivity index (χ2n) is 8.09. The molecule has 0 bridgehead atoms. The van der Waals surface area contributed by atoms with Crippen molar-refractivity contribution >= 4 is 16.9 Å². The Kier molecular flexibility index (Phi) is 5.58. The highest BCUT2D eigenvalue weighted by atomic mass is 19.2. The van der Waals surface area contributed by atoms with Crippen LogP contribution in [-0.2, 0) is 4.79 Å². The molecule has 0 spiro atoms. The van der Waals surface area contributed by atoms with Crippen molar-refractivity contribution in [3.8, 4) is 34.1 Å². The summed E-state index contributed by atoms with van der Waals surface area (Å²) in [5.74, 6) is -6.19. The molecule has 1 aliphatic rings. The first-order chi connectivity index (χ1) is 17.2. The van der Waals surface area contributed by atoms with Gasteiger partial charge in [0.15, 0.2) is 29.0 Å². The fourth-order valence-corrected chi connectivity index (χ4v) is 4.40. The molecule has 184 valence electrons. The molecule has 0 unspecified atom stereocenters. The van der Waals surface area contributed by atoms with Gasteiger partial charge in [0.2, 0.25) is 5.43 Å². The second-order valence-corrected chi connectivity index (χ2v) is 8.09. The third-order valence-electron chi connectivity index (χ3n) is 6.07. The van der Waals surface area contributed by atoms with Crippen molar-refractivity contribution in [3.63, 3.8) is 0 Å². The maximum Gasteiger partial charge on any atom is 0.312 e. The van der Waals surface area contributed by atoms with Gasteiger partial charge in [0, 0.05) is 17.5 Å².